The Morgan fingerprint density at radius 1 is 1.22 bits per heavy atom. The zero-order valence-corrected chi connectivity index (χ0v) is 10.6. The molecule has 0 amide bonds. The predicted octanol–water partition coefficient (Wildman–Crippen LogP) is 3.82. The molecular formula is C15H19FO2. The Morgan fingerprint density at radius 2 is 1.78 bits per heavy atom. The average Bonchev–Trinajstić information content (AvgIpc) is 2.39. The quantitative estimate of drug-likeness (QED) is 0.885. The van der Waals surface area contributed by atoms with Gasteiger partial charge in [-0.25, -0.2) is 4.39 Å². The first-order valence-electron chi connectivity index (χ1n) is 6.56. The van der Waals surface area contributed by atoms with E-state index in [1.165, 1.54) is 12.1 Å². The van der Waals surface area contributed by atoms with Gasteiger partial charge in [-0.2, -0.15) is 0 Å². The van der Waals surface area contributed by atoms with Crippen LogP contribution in [0.2, 0.25) is 0 Å². The van der Waals surface area contributed by atoms with Crippen LogP contribution in [-0.4, -0.2) is 11.1 Å². The van der Waals surface area contributed by atoms with Gasteiger partial charge in [-0.1, -0.05) is 19.1 Å². The van der Waals surface area contributed by atoms with E-state index in [4.69, 9.17) is 5.11 Å². The van der Waals surface area contributed by atoms with E-state index in [0.29, 0.717) is 11.8 Å². The van der Waals surface area contributed by atoms with E-state index in [1.54, 1.807) is 0 Å². The minimum absolute atomic E-state index is 0.165. The Labute approximate surface area is 107 Å². The zero-order valence-electron chi connectivity index (χ0n) is 10.6. The Kier molecular flexibility index (Phi) is 4.00. The average molecular weight is 250 g/mol. The summed E-state index contributed by atoms with van der Waals surface area (Å²) in [7, 11) is 0. The number of halogens is 1. The second kappa shape index (κ2) is 5.51. The van der Waals surface area contributed by atoms with Crippen LogP contribution in [-0.2, 0) is 4.79 Å². The lowest BCUT2D eigenvalue weighted by atomic mass is 9.74. The van der Waals surface area contributed by atoms with Crippen molar-refractivity contribution in [3.05, 3.63) is 35.6 Å². The van der Waals surface area contributed by atoms with Crippen molar-refractivity contribution >= 4 is 5.97 Å². The molecule has 2 nitrogen and oxygen atoms in total. The molecule has 1 aliphatic rings. The number of aliphatic carboxylic acids is 1. The molecule has 1 saturated carbocycles. The zero-order chi connectivity index (χ0) is 13.1. The smallest absolute Gasteiger partial charge is 0.306 e. The van der Waals surface area contributed by atoms with E-state index in [1.807, 2.05) is 12.1 Å². The SMILES string of the molecule is CC(c1ccc(F)cc1)C1CCC(C(=O)O)CC1. The third-order valence-electron chi connectivity index (χ3n) is 4.22. The minimum atomic E-state index is -0.664. The second-order valence-electron chi connectivity index (χ2n) is 5.29. The molecule has 0 heterocycles. The number of benzene rings is 1. The maximum absolute atomic E-state index is 12.9. The van der Waals surface area contributed by atoms with Gasteiger partial charge >= 0.3 is 5.97 Å². The molecule has 2 rings (SSSR count). The molecule has 1 unspecified atom stereocenters. The van der Waals surface area contributed by atoms with Gasteiger partial charge in [-0.05, 0) is 55.2 Å². The maximum Gasteiger partial charge on any atom is 0.306 e. The Morgan fingerprint density at radius 3 is 2.28 bits per heavy atom. The fourth-order valence-electron chi connectivity index (χ4n) is 2.90. The summed E-state index contributed by atoms with van der Waals surface area (Å²) in [5, 5.41) is 8.97. The van der Waals surface area contributed by atoms with Crippen LogP contribution >= 0.6 is 0 Å². The van der Waals surface area contributed by atoms with Gasteiger partial charge in [0.1, 0.15) is 5.82 Å². The van der Waals surface area contributed by atoms with Gasteiger partial charge < -0.3 is 5.11 Å². The van der Waals surface area contributed by atoms with Gasteiger partial charge in [-0.15, -0.1) is 0 Å². The standard InChI is InChI=1S/C15H19FO2/c1-10(12-6-8-14(16)9-7-12)11-2-4-13(5-3-11)15(17)18/h6-11,13H,2-5H2,1H3,(H,17,18). The summed E-state index contributed by atoms with van der Waals surface area (Å²) in [4.78, 5) is 10.9. The fourth-order valence-corrected chi connectivity index (χ4v) is 2.90. The van der Waals surface area contributed by atoms with Gasteiger partial charge in [-0.3, -0.25) is 4.79 Å². The van der Waals surface area contributed by atoms with Gasteiger partial charge in [0.05, 0.1) is 5.92 Å². The monoisotopic (exact) mass is 250 g/mol. The third-order valence-corrected chi connectivity index (χ3v) is 4.22. The predicted molar refractivity (Wildman–Crippen MR) is 67.9 cm³/mol. The first-order chi connectivity index (χ1) is 8.58. The maximum atomic E-state index is 12.9. The van der Waals surface area contributed by atoms with E-state index in [-0.39, 0.29) is 11.7 Å². The van der Waals surface area contributed by atoms with Crippen molar-refractivity contribution in [2.75, 3.05) is 0 Å². The lowest BCUT2D eigenvalue weighted by Gasteiger charge is -2.30. The summed E-state index contributed by atoms with van der Waals surface area (Å²) in [6, 6.07) is 6.66. The van der Waals surface area contributed by atoms with Gasteiger partial charge in [0.15, 0.2) is 0 Å². The van der Waals surface area contributed by atoms with Crippen molar-refractivity contribution in [3.63, 3.8) is 0 Å². The Bertz CT molecular complexity index is 405. The molecule has 1 fully saturated rings. The van der Waals surface area contributed by atoms with Crippen LogP contribution < -0.4 is 0 Å². The fraction of sp³-hybridized carbons (Fsp3) is 0.533. The number of carboxylic acids is 1. The van der Waals surface area contributed by atoms with E-state index in [0.717, 1.165) is 31.2 Å². The molecular weight excluding hydrogens is 231 g/mol. The molecule has 1 atom stereocenters. The van der Waals surface area contributed by atoms with Crippen LogP contribution in [0.5, 0.6) is 0 Å². The molecule has 0 aromatic heterocycles. The molecule has 1 aromatic carbocycles. The van der Waals surface area contributed by atoms with Crippen molar-refractivity contribution in [2.45, 2.75) is 38.5 Å². The van der Waals surface area contributed by atoms with Crippen LogP contribution in [0.15, 0.2) is 24.3 Å². The summed E-state index contributed by atoms with van der Waals surface area (Å²) < 4.78 is 12.9. The molecule has 1 N–H and O–H groups in total. The molecule has 0 aliphatic heterocycles. The molecule has 98 valence electrons. The van der Waals surface area contributed by atoms with Crippen molar-refractivity contribution in [3.8, 4) is 0 Å². The second-order valence-corrected chi connectivity index (χ2v) is 5.29. The number of carbonyl (C=O) groups is 1. The van der Waals surface area contributed by atoms with Crippen molar-refractivity contribution in [2.24, 2.45) is 11.8 Å². The van der Waals surface area contributed by atoms with Crippen LogP contribution in [0.4, 0.5) is 4.39 Å². The molecule has 18 heavy (non-hydrogen) atoms. The number of hydrogen-bond donors (Lipinski definition) is 1. The first-order valence-corrected chi connectivity index (χ1v) is 6.56. The topological polar surface area (TPSA) is 37.3 Å². The third kappa shape index (κ3) is 2.89. The van der Waals surface area contributed by atoms with Crippen molar-refractivity contribution < 1.29 is 14.3 Å². The highest BCUT2D eigenvalue weighted by Gasteiger charge is 2.29. The number of carboxylic acid groups (broad SMARTS) is 1. The molecule has 0 saturated heterocycles. The van der Waals surface area contributed by atoms with E-state index < -0.39 is 5.97 Å². The molecule has 3 heteroatoms. The van der Waals surface area contributed by atoms with Crippen LogP contribution in [0, 0.1) is 17.7 Å². The largest absolute Gasteiger partial charge is 0.481 e. The summed E-state index contributed by atoms with van der Waals surface area (Å²) >= 11 is 0. The number of rotatable bonds is 3. The highest BCUT2D eigenvalue weighted by atomic mass is 19.1. The molecule has 0 bridgehead atoms. The van der Waals surface area contributed by atoms with Crippen LogP contribution in [0.3, 0.4) is 0 Å². The lowest BCUT2D eigenvalue weighted by molar-refractivity contribution is -0.143. The highest BCUT2D eigenvalue weighted by Crippen LogP contribution is 2.38. The summed E-state index contributed by atoms with van der Waals surface area (Å²) in [5.74, 6) is -0.142. The van der Waals surface area contributed by atoms with E-state index in [9.17, 15) is 9.18 Å². The highest BCUT2D eigenvalue weighted by molar-refractivity contribution is 5.70. The molecule has 0 spiro atoms. The number of hydrogen-bond acceptors (Lipinski definition) is 1. The van der Waals surface area contributed by atoms with Crippen LogP contribution in [0.25, 0.3) is 0 Å². The Balaban J connectivity index is 1.97. The minimum Gasteiger partial charge on any atom is -0.481 e. The van der Waals surface area contributed by atoms with Crippen molar-refractivity contribution in [1.82, 2.24) is 0 Å². The van der Waals surface area contributed by atoms with E-state index >= 15 is 0 Å². The first kappa shape index (κ1) is 13.1. The van der Waals surface area contributed by atoms with Crippen LogP contribution in [0.1, 0.15) is 44.1 Å². The summed E-state index contributed by atoms with van der Waals surface area (Å²) in [6.07, 6.45) is 3.45. The lowest BCUT2D eigenvalue weighted by Crippen LogP contribution is -2.24. The van der Waals surface area contributed by atoms with Gasteiger partial charge in [0.2, 0.25) is 0 Å². The van der Waals surface area contributed by atoms with Gasteiger partial charge in [0.25, 0.3) is 0 Å². The normalized spacial score (nSPS) is 25.7. The molecule has 1 aliphatic carbocycles. The Hall–Kier alpha value is -1.38. The van der Waals surface area contributed by atoms with Crippen molar-refractivity contribution in [1.29, 1.82) is 0 Å². The summed E-state index contributed by atoms with van der Waals surface area (Å²) in [5.41, 5.74) is 1.15. The van der Waals surface area contributed by atoms with E-state index in [2.05, 4.69) is 6.92 Å². The molecule has 1 aromatic rings. The van der Waals surface area contributed by atoms with Gasteiger partial charge in [0, 0.05) is 0 Å². The molecule has 0 radical (unpaired) electrons. The summed E-state index contributed by atoms with van der Waals surface area (Å²) in [6.45, 7) is 2.15.